The third-order valence-corrected chi connectivity index (χ3v) is 7.77. The quantitative estimate of drug-likeness (QED) is 0.243. The predicted molar refractivity (Wildman–Crippen MR) is 155 cm³/mol. The van der Waals surface area contributed by atoms with Gasteiger partial charge in [-0.15, -0.1) is 0 Å². The zero-order chi connectivity index (χ0) is 29.2. The van der Waals surface area contributed by atoms with E-state index in [9.17, 15) is 9.59 Å². The summed E-state index contributed by atoms with van der Waals surface area (Å²) in [4.78, 5) is 29.0. The first-order chi connectivity index (χ1) is 19.9. The molecule has 2 fully saturated rings. The highest BCUT2D eigenvalue weighted by atomic mass is 16.7. The lowest BCUT2D eigenvalue weighted by Crippen LogP contribution is -2.47. The molecule has 1 aromatic heterocycles. The number of ether oxygens (including phenoxy) is 5. The van der Waals surface area contributed by atoms with Crippen LogP contribution in [0.5, 0.6) is 11.5 Å². The molecule has 1 aliphatic carbocycles. The van der Waals surface area contributed by atoms with Crippen LogP contribution in [0.15, 0.2) is 35.3 Å². The Morgan fingerprint density at radius 2 is 1.76 bits per heavy atom. The van der Waals surface area contributed by atoms with Crippen molar-refractivity contribution in [2.24, 2.45) is 13.0 Å². The topological polar surface area (TPSA) is 100 Å². The number of amides is 1. The maximum Gasteiger partial charge on any atom is 0.250 e. The van der Waals surface area contributed by atoms with Crippen molar-refractivity contribution >= 4 is 5.91 Å². The zero-order valence-corrected chi connectivity index (χ0v) is 24.9. The van der Waals surface area contributed by atoms with Crippen molar-refractivity contribution in [3.8, 4) is 11.5 Å². The summed E-state index contributed by atoms with van der Waals surface area (Å²) in [6.07, 6.45) is 6.19. The Morgan fingerprint density at radius 1 is 0.976 bits per heavy atom. The molecule has 2 aromatic rings. The average molecular weight is 572 g/mol. The van der Waals surface area contributed by atoms with E-state index in [0.29, 0.717) is 38.7 Å². The van der Waals surface area contributed by atoms with Crippen LogP contribution in [0.3, 0.4) is 0 Å². The number of carbonyl (C=O) groups excluding carboxylic acids is 1. The Balaban J connectivity index is 1.60. The van der Waals surface area contributed by atoms with Gasteiger partial charge in [0.25, 0.3) is 5.56 Å². The first-order valence-electron chi connectivity index (χ1n) is 14.5. The number of rotatable bonds is 16. The van der Waals surface area contributed by atoms with Crippen LogP contribution in [-0.2, 0) is 39.0 Å². The number of piperidine rings is 1. The fraction of sp³-hybridized carbons (Fsp3) is 0.613. The number of hydrogen-bond donors (Lipinski definition) is 1. The van der Waals surface area contributed by atoms with Gasteiger partial charge in [-0.25, -0.2) is 0 Å². The van der Waals surface area contributed by atoms with Gasteiger partial charge in [0.2, 0.25) is 5.91 Å². The van der Waals surface area contributed by atoms with Crippen molar-refractivity contribution in [2.45, 2.75) is 50.6 Å². The highest BCUT2D eigenvalue weighted by molar-refractivity contribution is 5.81. The van der Waals surface area contributed by atoms with E-state index in [0.717, 1.165) is 61.1 Å². The van der Waals surface area contributed by atoms with Gasteiger partial charge in [0.15, 0.2) is 6.79 Å². The minimum Gasteiger partial charge on any atom is -0.491 e. The van der Waals surface area contributed by atoms with Crippen LogP contribution in [0.1, 0.15) is 48.3 Å². The molecule has 2 aliphatic rings. The Kier molecular flexibility index (Phi) is 11.6. The monoisotopic (exact) mass is 571 g/mol. The molecule has 1 saturated heterocycles. The third-order valence-electron chi connectivity index (χ3n) is 7.77. The molecule has 10 heteroatoms. The number of nitrogens with zero attached hydrogens (tertiary/aromatic N) is 2. The standard InChI is InChI=1S/C31H45N3O7/c1-33-20-29(41-21-39-4)27(17-30(33)35)26-9-10-32-18-28(26)31(36)34(24-7-8-24)19-23-14-22(6-5-11-37-2)15-25(16-23)40-13-12-38-3/h14-17,20,24,26,28,32H,5-13,18-19,21H2,1-4H3/t26-,28+/m1/s1. The Labute approximate surface area is 242 Å². The van der Waals surface area contributed by atoms with E-state index in [1.54, 1.807) is 40.6 Å². The van der Waals surface area contributed by atoms with E-state index in [2.05, 4.69) is 17.4 Å². The van der Waals surface area contributed by atoms with Gasteiger partial charge in [-0.05, 0) is 61.9 Å². The van der Waals surface area contributed by atoms with Gasteiger partial charge in [0.1, 0.15) is 18.1 Å². The second-order valence-corrected chi connectivity index (χ2v) is 10.9. The molecular formula is C31H45N3O7. The van der Waals surface area contributed by atoms with Crippen LogP contribution >= 0.6 is 0 Å². The van der Waals surface area contributed by atoms with Crippen molar-refractivity contribution in [3.63, 3.8) is 0 Å². The van der Waals surface area contributed by atoms with Crippen molar-refractivity contribution in [1.29, 1.82) is 0 Å². The number of nitrogens with one attached hydrogen (secondary N) is 1. The van der Waals surface area contributed by atoms with E-state index in [1.165, 1.54) is 4.57 Å². The fourth-order valence-corrected chi connectivity index (χ4v) is 5.54. The van der Waals surface area contributed by atoms with Gasteiger partial charge in [-0.2, -0.15) is 0 Å². The van der Waals surface area contributed by atoms with Gasteiger partial charge in [0.05, 0.1) is 12.5 Å². The van der Waals surface area contributed by atoms with Gasteiger partial charge in [0, 0.05) is 77.9 Å². The van der Waals surface area contributed by atoms with Crippen LogP contribution in [0.25, 0.3) is 0 Å². The molecular weight excluding hydrogens is 526 g/mol. The number of benzene rings is 1. The highest BCUT2D eigenvalue weighted by Gasteiger charge is 2.41. The Bertz CT molecular complexity index is 1170. The molecule has 10 nitrogen and oxygen atoms in total. The van der Waals surface area contributed by atoms with Crippen molar-refractivity contribution in [2.75, 3.05) is 61.0 Å². The average Bonchev–Trinajstić information content (AvgIpc) is 3.82. The van der Waals surface area contributed by atoms with Gasteiger partial charge < -0.3 is 38.5 Å². The molecule has 2 heterocycles. The van der Waals surface area contributed by atoms with Gasteiger partial charge in [-0.3, -0.25) is 9.59 Å². The third kappa shape index (κ3) is 8.54. The van der Waals surface area contributed by atoms with Crippen LogP contribution in [-0.4, -0.2) is 82.4 Å². The molecule has 1 aromatic carbocycles. The number of hydrogen-bond acceptors (Lipinski definition) is 8. The lowest BCUT2D eigenvalue weighted by Gasteiger charge is -2.36. The smallest absolute Gasteiger partial charge is 0.250 e. The maximum absolute atomic E-state index is 14.3. The Hall–Kier alpha value is -2.92. The number of carbonyl (C=O) groups is 1. The van der Waals surface area contributed by atoms with Gasteiger partial charge >= 0.3 is 0 Å². The molecule has 0 unspecified atom stereocenters. The largest absolute Gasteiger partial charge is 0.491 e. The molecule has 0 bridgehead atoms. The van der Waals surface area contributed by atoms with E-state index >= 15 is 0 Å². The lowest BCUT2D eigenvalue weighted by molar-refractivity contribution is -0.138. The van der Waals surface area contributed by atoms with Gasteiger partial charge in [-0.1, -0.05) is 6.07 Å². The molecule has 1 amide bonds. The molecule has 1 N–H and O–H groups in total. The summed E-state index contributed by atoms with van der Waals surface area (Å²) in [5.41, 5.74) is 2.85. The van der Waals surface area contributed by atoms with Crippen LogP contribution < -0.4 is 20.3 Å². The first kappa shape index (κ1) is 31.0. The lowest BCUT2D eigenvalue weighted by atomic mass is 9.80. The van der Waals surface area contributed by atoms with E-state index in [-0.39, 0.29) is 36.1 Å². The molecule has 2 atom stereocenters. The summed E-state index contributed by atoms with van der Waals surface area (Å²) >= 11 is 0. The summed E-state index contributed by atoms with van der Waals surface area (Å²) in [7, 11) is 6.62. The summed E-state index contributed by atoms with van der Waals surface area (Å²) in [6, 6.07) is 8.11. The molecule has 4 rings (SSSR count). The SMILES string of the molecule is COCCCc1cc(CN(C(=O)[C@H]2CNCC[C@@H]2c2cc(=O)n(C)cc2OCOC)C2CC2)cc(OCCOC)c1. The molecule has 0 spiro atoms. The summed E-state index contributed by atoms with van der Waals surface area (Å²) in [6.45, 7) is 3.54. The number of aromatic nitrogens is 1. The summed E-state index contributed by atoms with van der Waals surface area (Å²) < 4.78 is 28.9. The van der Waals surface area contributed by atoms with Crippen molar-refractivity contribution < 1.29 is 28.5 Å². The molecule has 1 saturated carbocycles. The normalized spacial score (nSPS) is 18.7. The predicted octanol–water partition coefficient (Wildman–Crippen LogP) is 2.86. The van der Waals surface area contributed by atoms with Crippen molar-refractivity contribution in [1.82, 2.24) is 14.8 Å². The summed E-state index contributed by atoms with van der Waals surface area (Å²) in [5, 5.41) is 3.42. The second kappa shape index (κ2) is 15.3. The minimum atomic E-state index is -0.316. The molecule has 41 heavy (non-hydrogen) atoms. The maximum atomic E-state index is 14.3. The van der Waals surface area contributed by atoms with Crippen LogP contribution in [0, 0.1) is 5.92 Å². The minimum absolute atomic E-state index is 0.0679. The Morgan fingerprint density at radius 3 is 2.49 bits per heavy atom. The zero-order valence-electron chi connectivity index (χ0n) is 24.9. The van der Waals surface area contributed by atoms with E-state index < -0.39 is 0 Å². The van der Waals surface area contributed by atoms with E-state index in [1.807, 2.05) is 11.0 Å². The fourth-order valence-electron chi connectivity index (χ4n) is 5.54. The highest BCUT2D eigenvalue weighted by Crippen LogP contribution is 2.39. The van der Waals surface area contributed by atoms with Crippen molar-refractivity contribution in [3.05, 3.63) is 57.5 Å². The number of pyridine rings is 1. The van der Waals surface area contributed by atoms with Crippen LogP contribution in [0.4, 0.5) is 0 Å². The molecule has 226 valence electrons. The van der Waals surface area contributed by atoms with E-state index in [4.69, 9.17) is 23.7 Å². The number of aryl methyl sites for hydroxylation is 2. The summed E-state index contributed by atoms with van der Waals surface area (Å²) in [5.74, 6) is 1.02. The molecule has 1 aliphatic heterocycles. The van der Waals surface area contributed by atoms with Crippen LogP contribution in [0.2, 0.25) is 0 Å². The molecule has 0 radical (unpaired) electrons. The second-order valence-electron chi connectivity index (χ2n) is 10.9. The number of methoxy groups -OCH3 is 3. The first-order valence-corrected chi connectivity index (χ1v) is 14.5.